The molecule has 2 aromatic rings. The highest BCUT2D eigenvalue weighted by atomic mass is 16.6. The molecule has 2 heterocycles. The van der Waals surface area contributed by atoms with Crippen LogP contribution in [-0.2, 0) is 12.1 Å². The molecular weight excluding hydrogens is 360 g/mol. The Morgan fingerprint density at radius 1 is 1.21 bits per heavy atom. The van der Waals surface area contributed by atoms with E-state index in [1.165, 1.54) is 16.7 Å². The van der Waals surface area contributed by atoms with Crippen LogP contribution in [0.3, 0.4) is 0 Å². The SMILES string of the molecule is CCCCCCn1c(O)c2c(c1O)C(c1cccc([N+](=O)[O-])c1)(C(C)C)N=N2. The molecule has 0 saturated heterocycles. The summed E-state index contributed by atoms with van der Waals surface area (Å²) < 4.78 is 1.47. The number of aromatic hydroxyl groups is 2. The number of hydrogen-bond donors (Lipinski definition) is 2. The number of rotatable bonds is 8. The van der Waals surface area contributed by atoms with Gasteiger partial charge in [0.05, 0.1) is 10.5 Å². The molecule has 0 bridgehead atoms. The fourth-order valence-corrected chi connectivity index (χ4v) is 3.91. The summed E-state index contributed by atoms with van der Waals surface area (Å²) in [5, 5.41) is 41.4. The zero-order chi connectivity index (χ0) is 20.5. The monoisotopic (exact) mass is 386 g/mol. The van der Waals surface area contributed by atoms with Crippen molar-refractivity contribution in [1.29, 1.82) is 0 Å². The lowest BCUT2D eigenvalue weighted by molar-refractivity contribution is -0.385. The van der Waals surface area contributed by atoms with Gasteiger partial charge in [-0.05, 0) is 17.9 Å². The second kappa shape index (κ2) is 7.61. The highest BCUT2D eigenvalue weighted by Crippen LogP contribution is 2.58. The molecule has 1 aliphatic rings. The largest absolute Gasteiger partial charge is 0.494 e. The van der Waals surface area contributed by atoms with Gasteiger partial charge in [-0.1, -0.05) is 52.2 Å². The Morgan fingerprint density at radius 3 is 2.61 bits per heavy atom. The number of non-ortho nitro benzene ring substituents is 1. The van der Waals surface area contributed by atoms with Crippen LogP contribution in [0.2, 0.25) is 0 Å². The predicted molar refractivity (Wildman–Crippen MR) is 105 cm³/mol. The number of nitro benzene ring substituents is 1. The molecule has 0 saturated carbocycles. The first-order valence-electron chi connectivity index (χ1n) is 9.67. The van der Waals surface area contributed by atoms with E-state index in [9.17, 15) is 20.3 Å². The Morgan fingerprint density at radius 2 is 1.96 bits per heavy atom. The van der Waals surface area contributed by atoms with E-state index < -0.39 is 10.5 Å². The summed E-state index contributed by atoms with van der Waals surface area (Å²) in [6.45, 7) is 6.43. The third kappa shape index (κ3) is 3.02. The van der Waals surface area contributed by atoms with Crippen LogP contribution in [0, 0.1) is 16.0 Å². The molecule has 0 spiro atoms. The minimum absolute atomic E-state index is 0.0520. The van der Waals surface area contributed by atoms with Crippen molar-refractivity contribution >= 4 is 11.4 Å². The third-order valence-electron chi connectivity index (χ3n) is 5.44. The van der Waals surface area contributed by atoms with Gasteiger partial charge < -0.3 is 10.2 Å². The first-order chi connectivity index (χ1) is 13.3. The molecule has 0 radical (unpaired) electrons. The van der Waals surface area contributed by atoms with Gasteiger partial charge in [-0.15, -0.1) is 5.11 Å². The van der Waals surface area contributed by atoms with Crippen molar-refractivity contribution in [2.75, 3.05) is 0 Å². The van der Waals surface area contributed by atoms with Gasteiger partial charge in [0.25, 0.3) is 5.69 Å². The van der Waals surface area contributed by atoms with E-state index in [1.807, 2.05) is 13.8 Å². The Hall–Kier alpha value is -2.90. The molecule has 28 heavy (non-hydrogen) atoms. The molecule has 1 aromatic carbocycles. The molecule has 1 atom stereocenters. The van der Waals surface area contributed by atoms with Crippen molar-refractivity contribution in [3.63, 3.8) is 0 Å². The van der Waals surface area contributed by atoms with Crippen molar-refractivity contribution in [3.8, 4) is 11.8 Å². The molecule has 150 valence electrons. The lowest BCUT2D eigenvalue weighted by atomic mass is 9.76. The van der Waals surface area contributed by atoms with Gasteiger partial charge in [0.15, 0.2) is 5.69 Å². The molecule has 1 aliphatic heterocycles. The molecule has 3 rings (SSSR count). The zero-order valence-corrected chi connectivity index (χ0v) is 16.4. The summed E-state index contributed by atoms with van der Waals surface area (Å²) in [6.07, 6.45) is 4.01. The maximum atomic E-state index is 11.2. The van der Waals surface area contributed by atoms with Crippen LogP contribution in [0.1, 0.15) is 57.6 Å². The standard InChI is InChI=1S/C20H26N4O4/c1-4-5-6-7-11-23-18(25)16-17(19(23)26)21-22-20(16,13(2)3)14-9-8-10-15(12-14)24(27)28/h8-10,12-13,25-26H,4-7,11H2,1-3H3. The van der Waals surface area contributed by atoms with E-state index in [2.05, 4.69) is 17.2 Å². The number of nitrogens with zero attached hydrogens (tertiary/aromatic N) is 4. The zero-order valence-electron chi connectivity index (χ0n) is 16.4. The number of aromatic nitrogens is 1. The quantitative estimate of drug-likeness (QED) is 0.360. The normalized spacial score (nSPS) is 18.0. The smallest absolute Gasteiger partial charge is 0.269 e. The topological polar surface area (TPSA) is 113 Å². The van der Waals surface area contributed by atoms with E-state index in [4.69, 9.17) is 0 Å². The van der Waals surface area contributed by atoms with Crippen molar-refractivity contribution in [2.45, 2.75) is 58.5 Å². The average molecular weight is 386 g/mol. The summed E-state index contributed by atoms with van der Waals surface area (Å²) in [6, 6.07) is 6.23. The lowest BCUT2D eigenvalue weighted by Gasteiger charge is -2.30. The van der Waals surface area contributed by atoms with Gasteiger partial charge in [-0.3, -0.25) is 14.7 Å². The maximum Gasteiger partial charge on any atom is 0.269 e. The summed E-state index contributed by atoms with van der Waals surface area (Å²) in [4.78, 5) is 10.8. The van der Waals surface area contributed by atoms with Gasteiger partial charge >= 0.3 is 0 Å². The van der Waals surface area contributed by atoms with Gasteiger partial charge in [-0.25, -0.2) is 0 Å². The first-order valence-corrected chi connectivity index (χ1v) is 9.67. The number of fused-ring (bicyclic) bond motifs is 1. The van der Waals surface area contributed by atoms with E-state index in [0.717, 1.165) is 25.7 Å². The van der Waals surface area contributed by atoms with E-state index in [1.54, 1.807) is 12.1 Å². The molecular formula is C20H26N4O4. The highest BCUT2D eigenvalue weighted by molar-refractivity contribution is 5.69. The van der Waals surface area contributed by atoms with Crippen LogP contribution < -0.4 is 0 Å². The molecule has 0 amide bonds. The highest BCUT2D eigenvalue weighted by Gasteiger charge is 2.49. The Kier molecular flexibility index (Phi) is 5.40. The fourth-order valence-electron chi connectivity index (χ4n) is 3.91. The van der Waals surface area contributed by atoms with Gasteiger partial charge in [0.1, 0.15) is 5.54 Å². The average Bonchev–Trinajstić information content (AvgIpc) is 3.18. The summed E-state index contributed by atoms with van der Waals surface area (Å²) in [5.41, 5.74) is 0.0862. The number of benzene rings is 1. The Labute approximate surface area is 163 Å². The van der Waals surface area contributed by atoms with Crippen LogP contribution in [0.4, 0.5) is 11.4 Å². The van der Waals surface area contributed by atoms with Crippen LogP contribution >= 0.6 is 0 Å². The Balaban J connectivity index is 2.10. The van der Waals surface area contributed by atoms with Crippen LogP contribution in [0.15, 0.2) is 34.5 Å². The number of hydrogen-bond acceptors (Lipinski definition) is 6. The molecule has 8 heteroatoms. The predicted octanol–water partition coefficient (Wildman–Crippen LogP) is 5.38. The molecule has 8 nitrogen and oxygen atoms in total. The van der Waals surface area contributed by atoms with Crippen LogP contribution in [0.25, 0.3) is 0 Å². The van der Waals surface area contributed by atoms with E-state index in [0.29, 0.717) is 17.7 Å². The summed E-state index contributed by atoms with van der Waals surface area (Å²) in [5.74, 6) is -0.337. The first kappa shape index (κ1) is 19.9. The van der Waals surface area contributed by atoms with Crippen molar-refractivity contribution in [3.05, 3.63) is 45.5 Å². The van der Waals surface area contributed by atoms with Crippen molar-refractivity contribution in [2.24, 2.45) is 16.1 Å². The van der Waals surface area contributed by atoms with Gasteiger partial charge in [-0.2, -0.15) is 5.11 Å². The lowest BCUT2D eigenvalue weighted by Crippen LogP contribution is -2.29. The number of azo groups is 1. The van der Waals surface area contributed by atoms with Crippen molar-refractivity contribution in [1.82, 2.24) is 4.57 Å². The maximum absolute atomic E-state index is 11.2. The molecule has 1 unspecified atom stereocenters. The third-order valence-corrected chi connectivity index (χ3v) is 5.44. The van der Waals surface area contributed by atoms with Gasteiger partial charge in [0.2, 0.25) is 11.8 Å². The molecule has 2 N–H and O–H groups in total. The van der Waals surface area contributed by atoms with Crippen molar-refractivity contribution < 1.29 is 15.1 Å². The van der Waals surface area contributed by atoms with Crippen LogP contribution in [-0.4, -0.2) is 19.7 Å². The summed E-state index contributed by atoms with van der Waals surface area (Å²) >= 11 is 0. The number of unbranched alkanes of at least 4 members (excludes halogenated alkanes) is 3. The van der Waals surface area contributed by atoms with Crippen LogP contribution in [0.5, 0.6) is 11.8 Å². The second-order valence-electron chi connectivity index (χ2n) is 7.51. The second-order valence-corrected chi connectivity index (χ2v) is 7.51. The fraction of sp³-hybridized carbons (Fsp3) is 0.500. The van der Waals surface area contributed by atoms with E-state index in [-0.39, 0.29) is 29.1 Å². The molecule has 0 aliphatic carbocycles. The minimum Gasteiger partial charge on any atom is -0.494 e. The summed E-state index contributed by atoms with van der Waals surface area (Å²) in [7, 11) is 0. The van der Waals surface area contributed by atoms with E-state index >= 15 is 0 Å². The Bertz CT molecular complexity index is 919. The number of nitro groups is 1. The molecule has 1 aromatic heterocycles. The van der Waals surface area contributed by atoms with Gasteiger partial charge in [0, 0.05) is 18.7 Å². The minimum atomic E-state index is -1.09. The molecule has 0 fully saturated rings.